The molecule has 0 saturated heterocycles. The highest BCUT2D eigenvalue weighted by molar-refractivity contribution is 5.91. The molecule has 16 heavy (non-hydrogen) atoms. The first-order valence-electron chi connectivity index (χ1n) is 4.50. The first kappa shape index (κ1) is 12.3. The summed E-state index contributed by atoms with van der Waals surface area (Å²) in [5, 5.41) is 0. The Kier molecular flexibility index (Phi) is 3.71. The molecule has 0 unspecified atom stereocenters. The number of hydrogen-bond acceptors (Lipinski definition) is 2. The van der Waals surface area contributed by atoms with Gasteiger partial charge in [0.25, 0.3) is 0 Å². The highest BCUT2D eigenvalue weighted by atomic mass is 19.2. The highest BCUT2D eigenvalue weighted by Crippen LogP contribution is 2.14. The lowest BCUT2D eigenvalue weighted by molar-refractivity contribution is -0.114. The average molecular weight is 229 g/mol. The Morgan fingerprint density at radius 3 is 2.25 bits per heavy atom. The Hall–Kier alpha value is -1.78. The maximum Gasteiger partial charge on any atom is 0.194 e. The molecule has 0 heterocycles. The number of carbonyl (C=O) groups is 1. The molecule has 0 saturated carbocycles. The number of halogens is 3. The predicted molar refractivity (Wildman–Crippen MR) is 53.0 cm³/mol. The van der Waals surface area contributed by atoms with E-state index < -0.39 is 23.2 Å². The van der Waals surface area contributed by atoms with Gasteiger partial charge in [0.15, 0.2) is 23.2 Å². The van der Waals surface area contributed by atoms with Crippen molar-refractivity contribution in [1.82, 2.24) is 0 Å². The molecule has 0 aliphatic heterocycles. The van der Waals surface area contributed by atoms with E-state index in [0.717, 1.165) is 18.2 Å². The fraction of sp³-hybridized carbons (Fsp3) is 0.182. The van der Waals surface area contributed by atoms with Gasteiger partial charge in [-0.3, -0.25) is 4.79 Å². The summed E-state index contributed by atoms with van der Waals surface area (Å²) in [5.41, 5.74) is 5.63. The van der Waals surface area contributed by atoms with Crippen molar-refractivity contribution in [3.8, 4) is 0 Å². The Bertz CT molecular complexity index is 428. The molecule has 0 aromatic heterocycles. The molecule has 0 radical (unpaired) electrons. The van der Waals surface area contributed by atoms with E-state index in [1.807, 2.05) is 0 Å². The van der Waals surface area contributed by atoms with Crippen molar-refractivity contribution in [1.29, 1.82) is 0 Å². The Balaban J connectivity index is 2.91. The first-order valence-corrected chi connectivity index (χ1v) is 4.50. The van der Waals surface area contributed by atoms with Crippen molar-refractivity contribution in [2.24, 2.45) is 5.73 Å². The van der Waals surface area contributed by atoms with Crippen molar-refractivity contribution in [2.45, 2.75) is 13.3 Å². The molecule has 86 valence electrons. The molecule has 2 nitrogen and oxygen atoms in total. The van der Waals surface area contributed by atoms with Crippen molar-refractivity contribution in [3.63, 3.8) is 0 Å². The van der Waals surface area contributed by atoms with Gasteiger partial charge in [-0.05, 0) is 30.7 Å². The third-order valence-electron chi connectivity index (χ3n) is 1.81. The van der Waals surface area contributed by atoms with Gasteiger partial charge in [-0.1, -0.05) is 0 Å². The lowest BCUT2D eigenvalue weighted by atomic mass is 10.1. The fourth-order valence-electron chi connectivity index (χ4n) is 1.22. The molecule has 0 aliphatic rings. The molecule has 0 atom stereocenters. The first-order chi connectivity index (χ1) is 7.40. The molecule has 0 bridgehead atoms. The van der Waals surface area contributed by atoms with E-state index in [-0.39, 0.29) is 12.0 Å². The average Bonchev–Trinajstić information content (AvgIpc) is 2.12. The maximum atomic E-state index is 12.8. The van der Waals surface area contributed by atoms with Crippen LogP contribution < -0.4 is 5.73 Å². The van der Waals surface area contributed by atoms with Gasteiger partial charge in [0, 0.05) is 12.1 Å². The second-order valence-corrected chi connectivity index (χ2v) is 3.40. The van der Waals surface area contributed by atoms with Crippen LogP contribution in [-0.2, 0) is 11.2 Å². The van der Waals surface area contributed by atoms with Crippen LogP contribution in [0, 0.1) is 17.5 Å². The van der Waals surface area contributed by atoms with Crippen molar-refractivity contribution in [3.05, 3.63) is 46.9 Å². The summed E-state index contributed by atoms with van der Waals surface area (Å²) in [6.45, 7) is 1.52. The van der Waals surface area contributed by atoms with E-state index >= 15 is 0 Å². The summed E-state index contributed by atoms with van der Waals surface area (Å²) in [6.07, 6.45) is 0.932. The minimum Gasteiger partial charge on any atom is -0.402 e. The van der Waals surface area contributed by atoms with Gasteiger partial charge >= 0.3 is 0 Å². The lowest BCUT2D eigenvalue weighted by Crippen LogP contribution is -2.04. The van der Waals surface area contributed by atoms with Crippen LogP contribution in [0.4, 0.5) is 13.2 Å². The number of carbonyl (C=O) groups excluding carboxylic acids is 1. The van der Waals surface area contributed by atoms with Gasteiger partial charge in [0.05, 0.1) is 0 Å². The standard InChI is InChI=1S/C11H10F3NO/c1-6(15)2-8(16)3-7-4-9(12)11(14)10(13)5-7/h2,4-5H,3,15H2,1H3/b6-2-. The summed E-state index contributed by atoms with van der Waals surface area (Å²) in [7, 11) is 0. The SMILES string of the molecule is C/C(N)=C/C(=O)Cc1cc(F)c(F)c(F)c1. The highest BCUT2D eigenvalue weighted by Gasteiger charge is 2.11. The van der Waals surface area contributed by atoms with E-state index in [0.29, 0.717) is 5.70 Å². The number of rotatable bonds is 3. The summed E-state index contributed by atoms with van der Waals surface area (Å²) in [5.74, 6) is -4.56. The van der Waals surface area contributed by atoms with Crippen LogP contribution in [0.5, 0.6) is 0 Å². The Morgan fingerprint density at radius 1 is 1.31 bits per heavy atom. The molecule has 2 N–H and O–H groups in total. The molecular weight excluding hydrogens is 219 g/mol. The van der Waals surface area contributed by atoms with Crippen LogP contribution >= 0.6 is 0 Å². The van der Waals surface area contributed by atoms with E-state index in [2.05, 4.69) is 0 Å². The summed E-state index contributed by atoms with van der Waals surface area (Å²) >= 11 is 0. The van der Waals surface area contributed by atoms with Gasteiger partial charge in [-0.25, -0.2) is 13.2 Å². The van der Waals surface area contributed by atoms with Crippen LogP contribution in [0.2, 0.25) is 0 Å². The molecular formula is C11H10F3NO. The fourth-order valence-corrected chi connectivity index (χ4v) is 1.22. The second kappa shape index (κ2) is 4.83. The largest absolute Gasteiger partial charge is 0.402 e. The number of ketones is 1. The molecule has 1 aromatic rings. The molecule has 1 aromatic carbocycles. The zero-order valence-electron chi connectivity index (χ0n) is 8.56. The minimum absolute atomic E-state index is 0.0684. The number of allylic oxidation sites excluding steroid dienone is 2. The van der Waals surface area contributed by atoms with Crippen molar-refractivity contribution in [2.75, 3.05) is 0 Å². The maximum absolute atomic E-state index is 12.8. The van der Waals surface area contributed by atoms with E-state index in [1.165, 1.54) is 6.92 Å². The van der Waals surface area contributed by atoms with Crippen LogP contribution in [0.15, 0.2) is 23.9 Å². The van der Waals surface area contributed by atoms with Gasteiger partial charge < -0.3 is 5.73 Å². The molecule has 0 amide bonds. The minimum atomic E-state index is -1.54. The Morgan fingerprint density at radius 2 is 1.81 bits per heavy atom. The molecule has 1 rings (SSSR count). The van der Waals surface area contributed by atoms with Crippen LogP contribution in [-0.4, -0.2) is 5.78 Å². The topological polar surface area (TPSA) is 43.1 Å². The molecule has 0 fully saturated rings. The zero-order chi connectivity index (χ0) is 12.3. The molecule has 0 aliphatic carbocycles. The predicted octanol–water partition coefficient (Wildman–Crippen LogP) is 2.08. The number of hydrogen-bond donors (Lipinski definition) is 1. The number of nitrogens with two attached hydrogens (primary N) is 1. The normalized spacial score (nSPS) is 11.6. The smallest absolute Gasteiger partial charge is 0.194 e. The van der Waals surface area contributed by atoms with Crippen molar-refractivity contribution >= 4 is 5.78 Å². The summed E-state index contributed by atoms with van der Waals surface area (Å²) in [4.78, 5) is 11.2. The third kappa shape index (κ3) is 3.12. The summed E-state index contributed by atoms with van der Waals surface area (Å²) in [6, 6.07) is 1.58. The van der Waals surface area contributed by atoms with E-state index in [1.54, 1.807) is 0 Å². The van der Waals surface area contributed by atoms with Gasteiger partial charge in [-0.15, -0.1) is 0 Å². The van der Waals surface area contributed by atoms with Gasteiger partial charge in [-0.2, -0.15) is 0 Å². The van der Waals surface area contributed by atoms with Gasteiger partial charge in [0.1, 0.15) is 0 Å². The van der Waals surface area contributed by atoms with Crippen LogP contribution in [0.25, 0.3) is 0 Å². The van der Waals surface area contributed by atoms with E-state index in [9.17, 15) is 18.0 Å². The monoisotopic (exact) mass is 229 g/mol. The lowest BCUT2D eigenvalue weighted by Gasteiger charge is -2.01. The summed E-state index contributed by atoms with van der Waals surface area (Å²) < 4.78 is 38.2. The molecule has 5 heteroatoms. The van der Waals surface area contributed by atoms with Crippen LogP contribution in [0.3, 0.4) is 0 Å². The van der Waals surface area contributed by atoms with Crippen LogP contribution in [0.1, 0.15) is 12.5 Å². The quantitative estimate of drug-likeness (QED) is 0.637. The van der Waals surface area contributed by atoms with E-state index in [4.69, 9.17) is 5.73 Å². The Labute approximate surface area is 90.6 Å². The van der Waals surface area contributed by atoms with Gasteiger partial charge in [0.2, 0.25) is 0 Å². The third-order valence-corrected chi connectivity index (χ3v) is 1.81. The second-order valence-electron chi connectivity index (χ2n) is 3.40. The zero-order valence-corrected chi connectivity index (χ0v) is 8.56. The number of benzene rings is 1. The van der Waals surface area contributed by atoms with Crippen molar-refractivity contribution < 1.29 is 18.0 Å². The molecule has 0 spiro atoms.